The molecule has 1 aliphatic rings. The predicted octanol–water partition coefficient (Wildman–Crippen LogP) is 1.03. The van der Waals surface area contributed by atoms with Gasteiger partial charge in [0.1, 0.15) is 0 Å². The van der Waals surface area contributed by atoms with Crippen molar-refractivity contribution in [1.29, 1.82) is 0 Å². The van der Waals surface area contributed by atoms with Crippen LogP contribution < -0.4 is 0 Å². The first-order chi connectivity index (χ1) is 5.81. The van der Waals surface area contributed by atoms with Crippen molar-refractivity contribution in [1.82, 2.24) is 9.55 Å². The molecule has 1 aromatic rings. The molecule has 2 rings (SSSR count). The lowest BCUT2D eigenvalue weighted by molar-refractivity contribution is 0.269. The molecule has 3 heteroatoms. The summed E-state index contributed by atoms with van der Waals surface area (Å²) >= 11 is 0. The summed E-state index contributed by atoms with van der Waals surface area (Å²) in [5, 5.41) is 8.95. The molecule has 0 saturated heterocycles. The number of hydrogen-bond donors (Lipinski definition) is 1. The fourth-order valence-electron chi connectivity index (χ4n) is 1.55. The molecule has 1 heterocycles. The van der Waals surface area contributed by atoms with Crippen LogP contribution in [-0.4, -0.2) is 14.7 Å². The highest BCUT2D eigenvalue weighted by Gasteiger charge is 2.32. The molecular weight excluding hydrogens is 152 g/mol. The fourth-order valence-corrected chi connectivity index (χ4v) is 1.55. The highest BCUT2D eigenvalue weighted by Crippen LogP contribution is 2.39. The largest absolute Gasteiger partial charge is 0.390 e. The monoisotopic (exact) mass is 166 g/mol. The van der Waals surface area contributed by atoms with Gasteiger partial charge in [-0.15, -0.1) is 0 Å². The van der Waals surface area contributed by atoms with Crippen LogP contribution in [0.4, 0.5) is 0 Å². The topological polar surface area (TPSA) is 38.0 Å². The first kappa shape index (κ1) is 7.80. The van der Waals surface area contributed by atoms with Crippen LogP contribution in [0.3, 0.4) is 0 Å². The Morgan fingerprint density at radius 1 is 1.75 bits per heavy atom. The van der Waals surface area contributed by atoms with E-state index in [0.29, 0.717) is 0 Å². The van der Waals surface area contributed by atoms with E-state index in [2.05, 4.69) is 11.9 Å². The molecule has 0 radical (unpaired) electrons. The van der Waals surface area contributed by atoms with Gasteiger partial charge in [-0.1, -0.05) is 6.92 Å². The lowest BCUT2D eigenvalue weighted by Crippen LogP contribution is -2.03. The third kappa shape index (κ3) is 1.37. The summed E-state index contributed by atoms with van der Waals surface area (Å²) in [7, 11) is 0. The van der Waals surface area contributed by atoms with Gasteiger partial charge in [0.15, 0.2) is 0 Å². The van der Waals surface area contributed by atoms with Gasteiger partial charge < -0.3 is 9.67 Å². The van der Waals surface area contributed by atoms with E-state index in [1.54, 1.807) is 12.5 Å². The molecule has 0 amide bonds. The third-order valence-corrected chi connectivity index (χ3v) is 2.67. The second-order valence-corrected chi connectivity index (χ2v) is 3.67. The molecule has 0 spiro atoms. The second kappa shape index (κ2) is 2.90. The number of aromatic nitrogens is 2. The van der Waals surface area contributed by atoms with Gasteiger partial charge in [-0.05, 0) is 18.3 Å². The number of aliphatic hydroxyl groups excluding tert-OH is 1. The molecule has 0 aliphatic heterocycles. The summed E-state index contributed by atoms with van der Waals surface area (Å²) < 4.78 is 2.05. The van der Waals surface area contributed by atoms with Crippen molar-refractivity contribution in [3.63, 3.8) is 0 Å². The molecule has 12 heavy (non-hydrogen) atoms. The van der Waals surface area contributed by atoms with Crippen LogP contribution >= 0.6 is 0 Å². The summed E-state index contributed by atoms with van der Waals surface area (Å²) in [4.78, 5) is 4.00. The minimum atomic E-state index is 0.0983. The molecule has 3 nitrogen and oxygen atoms in total. The Hall–Kier alpha value is -0.830. The van der Waals surface area contributed by atoms with Crippen molar-refractivity contribution in [3.05, 3.63) is 18.2 Å². The van der Waals surface area contributed by atoms with E-state index in [0.717, 1.165) is 24.1 Å². The molecule has 66 valence electrons. The summed E-state index contributed by atoms with van der Waals surface area (Å²) in [6, 6.07) is 0. The van der Waals surface area contributed by atoms with Crippen molar-refractivity contribution in [2.75, 3.05) is 0 Å². The van der Waals surface area contributed by atoms with Crippen LogP contribution in [0.1, 0.15) is 19.0 Å². The maximum Gasteiger partial charge on any atom is 0.0948 e. The van der Waals surface area contributed by atoms with E-state index in [4.69, 9.17) is 5.11 Å². The van der Waals surface area contributed by atoms with Gasteiger partial charge in [-0.25, -0.2) is 4.98 Å². The zero-order chi connectivity index (χ0) is 8.55. The van der Waals surface area contributed by atoms with E-state index in [1.165, 1.54) is 6.42 Å². The number of aliphatic hydroxyl groups is 1. The molecule has 1 N–H and O–H groups in total. The average Bonchev–Trinajstić information content (AvgIpc) is 2.62. The minimum Gasteiger partial charge on any atom is -0.390 e. The first-order valence-corrected chi connectivity index (χ1v) is 4.41. The van der Waals surface area contributed by atoms with Gasteiger partial charge in [-0.2, -0.15) is 0 Å². The van der Waals surface area contributed by atoms with Crippen molar-refractivity contribution in [2.24, 2.45) is 11.8 Å². The van der Waals surface area contributed by atoms with Crippen molar-refractivity contribution in [3.8, 4) is 0 Å². The Balaban J connectivity index is 2.02. The molecule has 0 aromatic carbocycles. The third-order valence-electron chi connectivity index (χ3n) is 2.67. The Labute approximate surface area is 72.0 Å². The lowest BCUT2D eigenvalue weighted by atomic mass is 10.3. The highest BCUT2D eigenvalue weighted by molar-refractivity contribution is 4.98. The quantitative estimate of drug-likeness (QED) is 0.728. The van der Waals surface area contributed by atoms with Gasteiger partial charge in [0.2, 0.25) is 0 Å². The molecule has 2 unspecified atom stereocenters. The van der Waals surface area contributed by atoms with Crippen molar-refractivity contribution < 1.29 is 5.11 Å². The maximum atomic E-state index is 8.95. The van der Waals surface area contributed by atoms with Gasteiger partial charge in [-0.3, -0.25) is 0 Å². The van der Waals surface area contributed by atoms with E-state index in [1.807, 2.05) is 4.57 Å². The number of hydrogen-bond acceptors (Lipinski definition) is 2. The lowest BCUT2D eigenvalue weighted by Gasteiger charge is -2.03. The van der Waals surface area contributed by atoms with E-state index < -0.39 is 0 Å². The number of nitrogens with zero attached hydrogens (tertiary/aromatic N) is 2. The van der Waals surface area contributed by atoms with Crippen LogP contribution in [0.15, 0.2) is 12.5 Å². The van der Waals surface area contributed by atoms with Crippen LogP contribution in [0, 0.1) is 11.8 Å². The zero-order valence-corrected chi connectivity index (χ0v) is 7.27. The molecule has 1 aliphatic carbocycles. The normalized spacial score (nSPS) is 27.5. The molecule has 2 atom stereocenters. The summed E-state index contributed by atoms with van der Waals surface area (Å²) in [5.74, 6) is 1.67. The second-order valence-electron chi connectivity index (χ2n) is 3.67. The highest BCUT2D eigenvalue weighted by atomic mass is 16.3. The summed E-state index contributed by atoms with van der Waals surface area (Å²) in [6.07, 6.45) is 4.85. The van der Waals surface area contributed by atoms with E-state index >= 15 is 0 Å². The Morgan fingerprint density at radius 3 is 3.08 bits per heavy atom. The molecule has 1 fully saturated rings. The van der Waals surface area contributed by atoms with E-state index in [-0.39, 0.29) is 6.61 Å². The smallest absolute Gasteiger partial charge is 0.0948 e. The SMILES string of the molecule is CC1CC1Cn1cncc1CO. The molecule has 1 aromatic heterocycles. The van der Waals surface area contributed by atoms with Crippen LogP contribution in [0.25, 0.3) is 0 Å². The van der Waals surface area contributed by atoms with Crippen LogP contribution in [0.2, 0.25) is 0 Å². The van der Waals surface area contributed by atoms with Crippen molar-refractivity contribution in [2.45, 2.75) is 26.5 Å². The number of rotatable bonds is 3. The maximum absolute atomic E-state index is 8.95. The summed E-state index contributed by atoms with van der Waals surface area (Å²) in [5.41, 5.74) is 0.925. The fraction of sp³-hybridized carbons (Fsp3) is 0.667. The van der Waals surface area contributed by atoms with Crippen molar-refractivity contribution >= 4 is 0 Å². The van der Waals surface area contributed by atoms with Gasteiger partial charge in [0, 0.05) is 6.54 Å². The summed E-state index contributed by atoms with van der Waals surface area (Å²) in [6.45, 7) is 3.39. The Bertz CT molecular complexity index is 269. The minimum absolute atomic E-state index is 0.0983. The molecule has 1 saturated carbocycles. The van der Waals surface area contributed by atoms with Gasteiger partial charge >= 0.3 is 0 Å². The Kier molecular flexibility index (Phi) is 1.89. The van der Waals surface area contributed by atoms with Gasteiger partial charge in [0.05, 0.1) is 24.8 Å². The zero-order valence-electron chi connectivity index (χ0n) is 7.27. The predicted molar refractivity (Wildman–Crippen MR) is 45.4 cm³/mol. The van der Waals surface area contributed by atoms with E-state index in [9.17, 15) is 0 Å². The van der Waals surface area contributed by atoms with Crippen LogP contribution in [0.5, 0.6) is 0 Å². The average molecular weight is 166 g/mol. The van der Waals surface area contributed by atoms with Crippen LogP contribution in [-0.2, 0) is 13.2 Å². The Morgan fingerprint density at radius 2 is 2.50 bits per heavy atom. The van der Waals surface area contributed by atoms with Gasteiger partial charge in [0.25, 0.3) is 0 Å². The standard InChI is InChI=1S/C9H14N2O/c1-7-2-8(7)4-11-6-10-3-9(11)5-12/h3,6-8,12H,2,4-5H2,1H3. The number of imidazole rings is 1. The molecular formula is C9H14N2O. The first-order valence-electron chi connectivity index (χ1n) is 4.41. The molecule has 0 bridgehead atoms.